The van der Waals surface area contributed by atoms with E-state index in [0.717, 1.165) is 11.1 Å². The van der Waals surface area contributed by atoms with Crippen LogP contribution < -0.4 is 5.73 Å². The number of nitrogens with two attached hydrogens (primary N) is 1. The number of aliphatic hydroxyl groups excluding tert-OH is 1. The summed E-state index contributed by atoms with van der Waals surface area (Å²) in [6.45, 7) is 4.08. The van der Waals surface area contributed by atoms with E-state index in [4.69, 9.17) is 10.8 Å². The van der Waals surface area contributed by atoms with Crippen molar-refractivity contribution in [3.63, 3.8) is 0 Å². The van der Waals surface area contributed by atoms with Crippen molar-refractivity contribution in [2.75, 3.05) is 0 Å². The van der Waals surface area contributed by atoms with Crippen LogP contribution in [0.15, 0.2) is 5.38 Å². The Hall–Kier alpha value is -0.380. The molecule has 0 aliphatic rings. The smallest absolute Gasteiger partial charge is 0.0692 e. The summed E-state index contributed by atoms with van der Waals surface area (Å²) in [5, 5.41) is 10.8. The average Bonchev–Trinajstić information content (AvgIpc) is 2.30. The van der Waals surface area contributed by atoms with Crippen LogP contribution in [-0.4, -0.2) is 5.11 Å². The third-order valence-corrected chi connectivity index (χ3v) is 3.10. The maximum Gasteiger partial charge on any atom is 0.0692 e. The van der Waals surface area contributed by atoms with Crippen LogP contribution >= 0.6 is 11.3 Å². The summed E-state index contributed by atoms with van der Waals surface area (Å²) in [5.41, 5.74) is 7.86. The molecule has 3 heteroatoms. The lowest BCUT2D eigenvalue weighted by atomic mass is 10.1. The molecule has 0 spiro atoms. The molecule has 11 heavy (non-hydrogen) atoms. The quantitative estimate of drug-likeness (QED) is 0.709. The minimum Gasteiger partial charge on any atom is -0.392 e. The second-order valence-electron chi connectivity index (χ2n) is 2.70. The molecule has 1 aromatic rings. The lowest BCUT2D eigenvalue weighted by molar-refractivity contribution is 0.281. The molecule has 0 radical (unpaired) electrons. The zero-order chi connectivity index (χ0) is 8.43. The van der Waals surface area contributed by atoms with Crippen LogP contribution in [0.1, 0.15) is 29.0 Å². The van der Waals surface area contributed by atoms with Crippen LogP contribution in [0.5, 0.6) is 0 Å². The molecule has 0 bridgehead atoms. The molecule has 0 fully saturated rings. The summed E-state index contributed by atoms with van der Waals surface area (Å²) in [6.07, 6.45) is 0. The zero-order valence-electron chi connectivity index (χ0n) is 6.79. The Balaban J connectivity index is 3.00. The van der Waals surface area contributed by atoms with E-state index in [0.29, 0.717) is 0 Å². The Labute approximate surface area is 70.7 Å². The van der Waals surface area contributed by atoms with Crippen molar-refractivity contribution in [3.05, 3.63) is 21.4 Å². The summed E-state index contributed by atoms with van der Waals surface area (Å²) in [7, 11) is 0. The number of rotatable bonds is 2. The van der Waals surface area contributed by atoms with Gasteiger partial charge in [0, 0.05) is 10.9 Å². The van der Waals surface area contributed by atoms with E-state index >= 15 is 0 Å². The summed E-state index contributed by atoms with van der Waals surface area (Å²) < 4.78 is 0. The van der Waals surface area contributed by atoms with Crippen molar-refractivity contribution in [1.29, 1.82) is 0 Å². The molecule has 1 aromatic heterocycles. The highest BCUT2D eigenvalue weighted by Gasteiger charge is 2.09. The van der Waals surface area contributed by atoms with Crippen molar-refractivity contribution in [2.45, 2.75) is 26.5 Å². The van der Waals surface area contributed by atoms with Gasteiger partial charge < -0.3 is 10.8 Å². The minimum atomic E-state index is 0.0836. The minimum absolute atomic E-state index is 0.0836. The molecule has 0 saturated heterocycles. The first-order valence-electron chi connectivity index (χ1n) is 3.60. The van der Waals surface area contributed by atoms with Gasteiger partial charge in [-0.05, 0) is 30.4 Å². The molecule has 0 saturated carbocycles. The van der Waals surface area contributed by atoms with Gasteiger partial charge in [-0.25, -0.2) is 0 Å². The van der Waals surface area contributed by atoms with Crippen LogP contribution in [0.3, 0.4) is 0 Å². The molecule has 0 aliphatic heterocycles. The Morgan fingerprint density at radius 1 is 1.73 bits per heavy atom. The van der Waals surface area contributed by atoms with E-state index in [-0.39, 0.29) is 12.6 Å². The average molecular weight is 171 g/mol. The van der Waals surface area contributed by atoms with Crippen LogP contribution in [-0.2, 0) is 6.61 Å². The standard InChI is InChI=1S/C8H13NOS/c1-5-7(3-10)4-11-8(5)6(2)9/h4,6,10H,3,9H2,1-2H3. The molecule has 1 rings (SSSR count). The second-order valence-corrected chi connectivity index (χ2v) is 3.61. The van der Waals surface area contributed by atoms with Crippen molar-refractivity contribution in [1.82, 2.24) is 0 Å². The van der Waals surface area contributed by atoms with E-state index in [1.165, 1.54) is 4.88 Å². The third kappa shape index (κ3) is 1.61. The Morgan fingerprint density at radius 2 is 2.36 bits per heavy atom. The lowest BCUT2D eigenvalue weighted by Crippen LogP contribution is -2.04. The van der Waals surface area contributed by atoms with E-state index < -0.39 is 0 Å². The van der Waals surface area contributed by atoms with Gasteiger partial charge in [0.15, 0.2) is 0 Å². The molecule has 3 N–H and O–H groups in total. The van der Waals surface area contributed by atoms with Gasteiger partial charge in [0.05, 0.1) is 6.61 Å². The molecule has 0 aromatic carbocycles. The first-order chi connectivity index (χ1) is 5.16. The first kappa shape index (κ1) is 8.71. The number of hydrogen-bond acceptors (Lipinski definition) is 3. The monoisotopic (exact) mass is 171 g/mol. The molecular weight excluding hydrogens is 158 g/mol. The molecule has 0 aliphatic carbocycles. The molecular formula is C8H13NOS. The Bertz CT molecular complexity index is 242. The topological polar surface area (TPSA) is 46.2 Å². The van der Waals surface area contributed by atoms with Crippen molar-refractivity contribution in [2.24, 2.45) is 5.73 Å². The van der Waals surface area contributed by atoms with Gasteiger partial charge in [-0.15, -0.1) is 11.3 Å². The number of hydrogen-bond donors (Lipinski definition) is 2. The highest BCUT2D eigenvalue weighted by Crippen LogP contribution is 2.26. The fourth-order valence-corrected chi connectivity index (χ4v) is 2.12. The van der Waals surface area contributed by atoms with E-state index in [9.17, 15) is 0 Å². The van der Waals surface area contributed by atoms with Crippen LogP contribution in [0.25, 0.3) is 0 Å². The van der Waals surface area contributed by atoms with Gasteiger partial charge in [-0.2, -0.15) is 0 Å². The molecule has 2 nitrogen and oxygen atoms in total. The van der Waals surface area contributed by atoms with Gasteiger partial charge >= 0.3 is 0 Å². The number of aliphatic hydroxyl groups is 1. The number of thiophene rings is 1. The highest BCUT2D eigenvalue weighted by molar-refractivity contribution is 7.10. The maximum absolute atomic E-state index is 8.88. The van der Waals surface area contributed by atoms with E-state index in [1.807, 2.05) is 19.2 Å². The van der Waals surface area contributed by atoms with E-state index in [2.05, 4.69) is 0 Å². The van der Waals surface area contributed by atoms with E-state index in [1.54, 1.807) is 11.3 Å². The Morgan fingerprint density at radius 3 is 2.64 bits per heavy atom. The fourth-order valence-electron chi connectivity index (χ4n) is 1.07. The second kappa shape index (κ2) is 3.34. The summed E-state index contributed by atoms with van der Waals surface area (Å²) in [6, 6.07) is 0.0836. The summed E-state index contributed by atoms with van der Waals surface area (Å²) >= 11 is 1.62. The lowest BCUT2D eigenvalue weighted by Gasteiger charge is -2.03. The van der Waals surface area contributed by atoms with Gasteiger partial charge in [0.2, 0.25) is 0 Å². The zero-order valence-corrected chi connectivity index (χ0v) is 7.61. The molecule has 0 amide bonds. The van der Waals surface area contributed by atoms with Gasteiger partial charge in [0.1, 0.15) is 0 Å². The SMILES string of the molecule is Cc1c(CO)csc1C(C)N. The van der Waals surface area contributed by atoms with Gasteiger partial charge in [-0.3, -0.25) is 0 Å². The Kier molecular flexibility index (Phi) is 2.65. The maximum atomic E-state index is 8.88. The largest absolute Gasteiger partial charge is 0.392 e. The van der Waals surface area contributed by atoms with Crippen molar-refractivity contribution >= 4 is 11.3 Å². The van der Waals surface area contributed by atoms with Crippen molar-refractivity contribution < 1.29 is 5.11 Å². The molecule has 1 unspecified atom stereocenters. The summed E-state index contributed by atoms with van der Waals surface area (Å²) in [4.78, 5) is 1.18. The summed E-state index contributed by atoms with van der Waals surface area (Å²) in [5.74, 6) is 0. The molecule has 62 valence electrons. The predicted octanol–water partition coefficient (Wildman–Crippen LogP) is 1.57. The van der Waals surface area contributed by atoms with Gasteiger partial charge in [0.25, 0.3) is 0 Å². The van der Waals surface area contributed by atoms with Crippen LogP contribution in [0.2, 0.25) is 0 Å². The van der Waals surface area contributed by atoms with Gasteiger partial charge in [-0.1, -0.05) is 0 Å². The van der Waals surface area contributed by atoms with Crippen LogP contribution in [0.4, 0.5) is 0 Å². The van der Waals surface area contributed by atoms with Crippen LogP contribution in [0, 0.1) is 6.92 Å². The normalized spacial score (nSPS) is 13.5. The molecule has 1 heterocycles. The third-order valence-electron chi connectivity index (χ3n) is 1.76. The predicted molar refractivity (Wildman–Crippen MR) is 47.6 cm³/mol. The first-order valence-corrected chi connectivity index (χ1v) is 4.48. The highest BCUT2D eigenvalue weighted by atomic mass is 32.1. The molecule has 1 atom stereocenters. The van der Waals surface area contributed by atoms with Crippen molar-refractivity contribution in [3.8, 4) is 0 Å². The fraction of sp³-hybridized carbons (Fsp3) is 0.500.